The van der Waals surface area contributed by atoms with Gasteiger partial charge in [-0.05, 0) is 0 Å². The van der Waals surface area contributed by atoms with Crippen molar-refractivity contribution in [3.8, 4) is 0 Å². The monoisotopic (exact) mass is 430 g/mol. The molecule has 1 aliphatic rings. The number of alkyl halides is 1. The van der Waals surface area contributed by atoms with Gasteiger partial charge in [-0.3, -0.25) is 14.4 Å². The van der Waals surface area contributed by atoms with Crippen molar-refractivity contribution >= 4 is 40.5 Å². The highest BCUT2D eigenvalue weighted by molar-refractivity contribution is 14.1. The van der Waals surface area contributed by atoms with Crippen LogP contribution in [-0.4, -0.2) is 60.2 Å². The zero-order valence-electron chi connectivity index (χ0n) is 12.7. The third kappa shape index (κ3) is 5.36. The van der Waals surface area contributed by atoms with Crippen LogP contribution >= 0.6 is 22.6 Å². The van der Waals surface area contributed by atoms with Gasteiger partial charge in [-0.25, -0.2) is 0 Å². The van der Waals surface area contributed by atoms with Crippen LogP contribution in [0.15, 0.2) is 0 Å². The Balaban J connectivity index is 3.00. The van der Waals surface area contributed by atoms with Crippen molar-refractivity contribution in [1.82, 2.24) is 0 Å². The Kier molecular flexibility index (Phi) is 7.49. The van der Waals surface area contributed by atoms with Crippen LogP contribution in [0.1, 0.15) is 20.8 Å². The van der Waals surface area contributed by atoms with E-state index in [0.717, 1.165) is 0 Å². The van der Waals surface area contributed by atoms with Crippen molar-refractivity contribution in [2.45, 2.75) is 49.3 Å². The number of ether oxygens (including phenoxy) is 5. The summed E-state index contributed by atoms with van der Waals surface area (Å²) in [6.45, 7) is 3.60. The molecule has 0 saturated carbocycles. The molecule has 0 bridgehead atoms. The summed E-state index contributed by atoms with van der Waals surface area (Å²) in [5.74, 6) is -1.58. The quantitative estimate of drug-likeness (QED) is 0.271. The first kappa shape index (κ1) is 19.1. The lowest BCUT2D eigenvalue weighted by Crippen LogP contribution is -2.59. The maximum Gasteiger partial charge on any atom is 0.303 e. The molecule has 1 heterocycles. The summed E-state index contributed by atoms with van der Waals surface area (Å²) in [6, 6.07) is 0. The molecule has 0 aliphatic carbocycles. The minimum Gasteiger partial charge on any atom is -0.463 e. The van der Waals surface area contributed by atoms with E-state index in [2.05, 4.69) is 0 Å². The van der Waals surface area contributed by atoms with Crippen LogP contribution in [-0.2, 0) is 38.1 Å². The van der Waals surface area contributed by atoms with Crippen molar-refractivity contribution in [1.29, 1.82) is 0 Å². The molecule has 9 heteroatoms. The summed E-state index contributed by atoms with van der Waals surface area (Å²) < 4.78 is 25.9. The molecule has 8 nitrogen and oxygen atoms in total. The molecule has 126 valence electrons. The van der Waals surface area contributed by atoms with Gasteiger partial charge in [-0.15, -0.1) is 0 Å². The molecule has 0 aromatic rings. The Morgan fingerprint density at radius 2 is 1.55 bits per heavy atom. The number of carbonyl (C=O) groups is 3. The molecule has 0 N–H and O–H groups in total. The van der Waals surface area contributed by atoms with Gasteiger partial charge in [-0.2, -0.15) is 0 Å². The van der Waals surface area contributed by atoms with Crippen LogP contribution in [0.3, 0.4) is 0 Å². The van der Waals surface area contributed by atoms with E-state index in [1.807, 2.05) is 22.6 Å². The molecule has 0 spiro atoms. The molecule has 1 rings (SSSR count). The van der Waals surface area contributed by atoms with Gasteiger partial charge in [0.1, 0.15) is 16.6 Å². The van der Waals surface area contributed by atoms with E-state index in [-0.39, 0.29) is 6.61 Å². The first-order valence-electron chi connectivity index (χ1n) is 6.56. The lowest BCUT2D eigenvalue weighted by molar-refractivity contribution is -0.253. The Hall–Kier alpha value is -0.940. The van der Waals surface area contributed by atoms with Gasteiger partial charge in [0.15, 0.2) is 18.5 Å². The zero-order valence-corrected chi connectivity index (χ0v) is 14.9. The number of rotatable bonds is 5. The van der Waals surface area contributed by atoms with Gasteiger partial charge < -0.3 is 23.7 Å². The highest BCUT2D eigenvalue weighted by atomic mass is 127. The second-order valence-electron chi connectivity index (χ2n) is 4.67. The minimum atomic E-state index is -0.894. The molecule has 0 aromatic heterocycles. The molecule has 0 aromatic carbocycles. The fourth-order valence-corrected chi connectivity index (χ4v) is 3.07. The highest BCUT2D eigenvalue weighted by Gasteiger charge is 2.49. The fraction of sp³-hybridized carbons (Fsp3) is 0.769. The summed E-state index contributed by atoms with van der Waals surface area (Å²) in [7, 11) is 1.44. The van der Waals surface area contributed by atoms with Gasteiger partial charge in [0.25, 0.3) is 0 Å². The van der Waals surface area contributed by atoms with Gasteiger partial charge in [0, 0.05) is 27.9 Å². The average molecular weight is 430 g/mol. The maximum absolute atomic E-state index is 11.3. The number of methoxy groups -OCH3 is 1. The second-order valence-corrected chi connectivity index (χ2v) is 6.11. The summed E-state index contributed by atoms with van der Waals surface area (Å²) in [6.07, 6.45) is -3.17. The molecular weight excluding hydrogens is 411 g/mol. The number of hydrogen-bond donors (Lipinski definition) is 0. The molecule has 1 aliphatic heterocycles. The third-order valence-electron chi connectivity index (χ3n) is 2.86. The van der Waals surface area contributed by atoms with Crippen molar-refractivity contribution in [2.75, 3.05) is 13.7 Å². The third-order valence-corrected chi connectivity index (χ3v) is 4.16. The molecule has 0 amide bonds. The van der Waals surface area contributed by atoms with Crippen LogP contribution in [0.5, 0.6) is 0 Å². The van der Waals surface area contributed by atoms with E-state index in [1.165, 1.54) is 27.9 Å². The predicted octanol–water partition coefficient (Wildman–Crippen LogP) is 0.588. The summed E-state index contributed by atoms with van der Waals surface area (Å²) in [4.78, 5) is 33.6. The van der Waals surface area contributed by atoms with Crippen molar-refractivity contribution in [3.05, 3.63) is 0 Å². The van der Waals surface area contributed by atoms with E-state index in [4.69, 9.17) is 23.7 Å². The Morgan fingerprint density at radius 3 is 2.00 bits per heavy atom. The first-order valence-corrected chi connectivity index (χ1v) is 7.81. The lowest BCUT2D eigenvalue weighted by atomic mass is 10.0. The van der Waals surface area contributed by atoms with Gasteiger partial charge >= 0.3 is 17.9 Å². The Morgan fingerprint density at radius 1 is 1.00 bits per heavy atom. The standard InChI is InChI=1S/C13H19IO8/c1-6(15)19-5-9-11(20-7(2)16)12(21-8(3)17)10(14)13(18-4)22-9/h9-13H,5H2,1-4H3/t9-,10+,11-,12-,13+/m1/s1. The zero-order chi connectivity index (χ0) is 16.9. The van der Waals surface area contributed by atoms with Crippen LogP contribution < -0.4 is 0 Å². The molecule has 5 atom stereocenters. The van der Waals surface area contributed by atoms with E-state index < -0.39 is 46.4 Å². The number of esters is 3. The summed E-state index contributed by atoms with van der Waals surface area (Å²) in [5, 5.41) is 0. The SMILES string of the molecule is CO[C@H]1O[C@H](COC(C)=O)[C@@H](OC(C)=O)[C@H](OC(C)=O)[C@@H]1I. The van der Waals surface area contributed by atoms with Crippen LogP contribution in [0.25, 0.3) is 0 Å². The number of hydrogen-bond acceptors (Lipinski definition) is 8. The van der Waals surface area contributed by atoms with Gasteiger partial charge in [-0.1, -0.05) is 22.6 Å². The molecule has 0 unspecified atom stereocenters. The van der Waals surface area contributed by atoms with Crippen LogP contribution in [0.2, 0.25) is 0 Å². The minimum absolute atomic E-state index is 0.145. The molecule has 1 fully saturated rings. The molecule has 0 radical (unpaired) electrons. The molecule has 1 saturated heterocycles. The Labute approximate surface area is 141 Å². The first-order chi connectivity index (χ1) is 10.3. The number of halogens is 1. The highest BCUT2D eigenvalue weighted by Crippen LogP contribution is 2.31. The fourth-order valence-electron chi connectivity index (χ4n) is 2.05. The summed E-state index contributed by atoms with van der Waals surface area (Å²) >= 11 is 2.00. The molecular formula is C13H19IO8. The van der Waals surface area contributed by atoms with E-state index in [0.29, 0.717) is 0 Å². The predicted molar refractivity (Wildman–Crippen MR) is 81.2 cm³/mol. The largest absolute Gasteiger partial charge is 0.463 e. The topological polar surface area (TPSA) is 97.4 Å². The average Bonchev–Trinajstić information content (AvgIpc) is 2.41. The van der Waals surface area contributed by atoms with Crippen molar-refractivity contribution < 1.29 is 38.1 Å². The van der Waals surface area contributed by atoms with E-state index in [9.17, 15) is 14.4 Å². The van der Waals surface area contributed by atoms with Gasteiger partial charge in [0.05, 0.1) is 0 Å². The smallest absolute Gasteiger partial charge is 0.303 e. The summed E-state index contributed by atoms with van der Waals surface area (Å²) in [5.41, 5.74) is 0. The Bertz CT molecular complexity index is 426. The normalized spacial score (nSPS) is 31.2. The van der Waals surface area contributed by atoms with Crippen molar-refractivity contribution in [2.24, 2.45) is 0 Å². The van der Waals surface area contributed by atoms with E-state index in [1.54, 1.807) is 0 Å². The van der Waals surface area contributed by atoms with Crippen LogP contribution in [0.4, 0.5) is 0 Å². The maximum atomic E-state index is 11.3. The number of carbonyl (C=O) groups excluding carboxylic acids is 3. The van der Waals surface area contributed by atoms with Crippen molar-refractivity contribution in [3.63, 3.8) is 0 Å². The van der Waals surface area contributed by atoms with Crippen LogP contribution in [0, 0.1) is 0 Å². The second kappa shape index (κ2) is 8.63. The lowest BCUT2D eigenvalue weighted by Gasteiger charge is -2.42. The molecule has 22 heavy (non-hydrogen) atoms. The van der Waals surface area contributed by atoms with Gasteiger partial charge in [0.2, 0.25) is 0 Å². The van der Waals surface area contributed by atoms with E-state index >= 15 is 0 Å².